The standard InChI is InChI=1S/C40H46N3S.ClHO4/c1-7-42-34-18-11-9-16-32(34)39(3,4)36(42)26-20-28-14-13-15-29(38(28)44-31-24-22-30(41)23-25-31)21-27-37-40(5,6)33-17-10-12-19-35(33)43(37)8-2;2-1(3,4)5/h9-12,16-27H,7-8,13-15,41H2,1-6H3;(H,2,3,4,5)/q+1;/p-1. The van der Waals surface area contributed by atoms with Gasteiger partial charge in [0.15, 0.2) is 5.71 Å². The van der Waals surface area contributed by atoms with Crippen molar-refractivity contribution in [3.63, 3.8) is 0 Å². The minimum absolute atomic E-state index is 0.0433. The van der Waals surface area contributed by atoms with Crippen molar-refractivity contribution in [2.45, 2.75) is 76.5 Å². The second-order valence-electron chi connectivity index (χ2n) is 13.5. The normalized spacial score (nSPS) is 19.8. The number of rotatable bonds is 7. The zero-order valence-electron chi connectivity index (χ0n) is 29.2. The molecule has 0 saturated carbocycles. The molecule has 0 aromatic heterocycles. The van der Waals surface area contributed by atoms with Gasteiger partial charge in [0.05, 0.1) is 5.41 Å². The fraction of sp³-hybridized carbons (Fsp3) is 0.325. The van der Waals surface area contributed by atoms with E-state index in [4.69, 9.17) is 24.4 Å². The molecule has 49 heavy (non-hydrogen) atoms. The summed E-state index contributed by atoms with van der Waals surface area (Å²) < 4.78 is 36.5. The molecule has 3 aromatic carbocycles. The van der Waals surface area contributed by atoms with Crippen LogP contribution in [0.3, 0.4) is 0 Å². The van der Waals surface area contributed by atoms with Crippen LogP contribution in [0.25, 0.3) is 0 Å². The van der Waals surface area contributed by atoms with Gasteiger partial charge in [0.1, 0.15) is 6.54 Å². The van der Waals surface area contributed by atoms with Crippen LogP contribution in [-0.4, -0.2) is 23.4 Å². The van der Waals surface area contributed by atoms with E-state index < -0.39 is 10.2 Å². The first-order valence-electron chi connectivity index (χ1n) is 16.8. The van der Waals surface area contributed by atoms with E-state index in [9.17, 15) is 0 Å². The fourth-order valence-electron chi connectivity index (χ4n) is 7.33. The second-order valence-corrected chi connectivity index (χ2v) is 15.3. The minimum Gasteiger partial charge on any atom is -0.399 e. The van der Waals surface area contributed by atoms with Crippen molar-refractivity contribution >= 4 is 34.5 Å². The lowest BCUT2D eigenvalue weighted by molar-refractivity contribution is -2.00. The number of nitrogens with two attached hydrogens (primary N) is 1. The van der Waals surface area contributed by atoms with Gasteiger partial charge in [0, 0.05) is 56.5 Å². The highest BCUT2D eigenvalue weighted by atomic mass is 35.7. The van der Waals surface area contributed by atoms with E-state index in [2.05, 4.69) is 136 Å². The van der Waals surface area contributed by atoms with E-state index in [1.165, 1.54) is 54.9 Å². The third-order valence-electron chi connectivity index (χ3n) is 9.69. The van der Waals surface area contributed by atoms with Crippen molar-refractivity contribution in [2.75, 3.05) is 23.7 Å². The topological polar surface area (TPSA) is 125 Å². The summed E-state index contributed by atoms with van der Waals surface area (Å²) >= 11 is 1.88. The van der Waals surface area contributed by atoms with Gasteiger partial charge in [-0.2, -0.15) is 4.58 Å². The number of hydrogen-bond acceptors (Lipinski definition) is 7. The molecular formula is C40H46ClN3O4S. The Bertz CT molecular complexity index is 1840. The molecule has 0 spiro atoms. The van der Waals surface area contributed by atoms with Crippen LogP contribution in [0.2, 0.25) is 0 Å². The van der Waals surface area contributed by atoms with Gasteiger partial charge in [-0.3, -0.25) is 0 Å². The van der Waals surface area contributed by atoms with Crippen molar-refractivity contribution in [1.29, 1.82) is 0 Å². The number of fused-ring (bicyclic) bond motifs is 2. The molecule has 0 unspecified atom stereocenters. The molecule has 258 valence electrons. The van der Waals surface area contributed by atoms with Crippen molar-refractivity contribution in [1.82, 2.24) is 0 Å². The van der Waals surface area contributed by atoms with Gasteiger partial charge in [-0.1, -0.05) is 74.2 Å². The van der Waals surface area contributed by atoms with Crippen LogP contribution in [0, 0.1) is 10.2 Å². The zero-order chi connectivity index (χ0) is 35.6. The van der Waals surface area contributed by atoms with Crippen LogP contribution in [0.4, 0.5) is 17.1 Å². The van der Waals surface area contributed by atoms with E-state index in [-0.39, 0.29) is 10.8 Å². The third-order valence-corrected chi connectivity index (χ3v) is 10.9. The summed E-state index contributed by atoms with van der Waals surface area (Å²) in [6, 6.07) is 26.1. The number of hydrogen-bond donors (Lipinski definition) is 1. The lowest BCUT2D eigenvalue weighted by Crippen LogP contribution is -2.68. The molecule has 0 bridgehead atoms. The predicted molar refractivity (Wildman–Crippen MR) is 190 cm³/mol. The molecule has 0 atom stereocenters. The Hall–Kier alpha value is -3.63. The molecule has 0 saturated heterocycles. The van der Waals surface area contributed by atoms with E-state index >= 15 is 0 Å². The van der Waals surface area contributed by atoms with Crippen LogP contribution >= 0.6 is 11.8 Å². The summed E-state index contributed by atoms with van der Waals surface area (Å²) in [4.78, 5) is 5.09. The number of thioether (sulfide) groups is 1. The molecule has 3 aliphatic rings. The van der Waals surface area contributed by atoms with E-state index in [0.717, 1.165) is 38.0 Å². The lowest BCUT2D eigenvalue weighted by Gasteiger charge is -2.26. The van der Waals surface area contributed by atoms with Crippen molar-refractivity contribution in [2.24, 2.45) is 0 Å². The second kappa shape index (κ2) is 14.7. The van der Waals surface area contributed by atoms with Crippen molar-refractivity contribution in [3.8, 4) is 0 Å². The lowest BCUT2D eigenvalue weighted by atomic mass is 9.81. The summed E-state index contributed by atoms with van der Waals surface area (Å²) in [5.74, 6) is 0. The van der Waals surface area contributed by atoms with Crippen LogP contribution in [0.5, 0.6) is 0 Å². The number of nitrogens with zero attached hydrogens (tertiary/aromatic N) is 2. The zero-order valence-corrected chi connectivity index (χ0v) is 30.7. The Balaban J connectivity index is 0.000000874. The predicted octanol–water partition coefficient (Wildman–Crippen LogP) is 5.32. The molecule has 2 aliphatic heterocycles. The number of likely N-dealkylation sites (N-methyl/N-ethyl adjacent to an activating group) is 1. The number of anilines is 2. The number of benzene rings is 3. The highest BCUT2D eigenvalue weighted by molar-refractivity contribution is 8.03. The maximum atomic E-state index is 8.49. The van der Waals surface area contributed by atoms with Crippen molar-refractivity contribution < 1.29 is 33.5 Å². The Kier molecular flexibility index (Phi) is 11.0. The highest BCUT2D eigenvalue weighted by Gasteiger charge is 2.43. The first kappa shape index (κ1) is 36.6. The fourth-order valence-corrected chi connectivity index (χ4v) is 8.44. The molecule has 0 fully saturated rings. The number of allylic oxidation sites excluding steroid dienone is 7. The van der Waals surface area contributed by atoms with Crippen LogP contribution in [0.15, 0.2) is 124 Å². The van der Waals surface area contributed by atoms with Gasteiger partial charge >= 0.3 is 0 Å². The SMILES string of the molecule is CCN1/C(=C/C=C2\CCCC(/C=C/C3=[N+](CC)c4ccccc4C3(C)C)=C2Sc2ccc(N)cc2)C(C)(C)c2ccccc21.[O-][Cl+3]([O-])([O-])[O-]. The first-order chi connectivity index (χ1) is 23.2. The number of halogens is 1. The molecule has 2 N–H and O–H groups in total. The van der Waals surface area contributed by atoms with Crippen LogP contribution in [0.1, 0.15) is 71.9 Å². The molecular weight excluding hydrogens is 654 g/mol. The van der Waals surface area contributed by atoms with E-state index in [0.29, 0.717) is 0 Å². The van der Waals surface area contributed by atoms with Gasteiger partial charge in [0.25, 0.3) is 0 Å². The maximum Gasteiger partial charge on any atom is 0.209 e. The molecule has 0 amide bonds. The molecule has 1 aliphatic carbocycles. The molecule has 2 heterocycles. The summed E-state index contributed by atoms with van der Waals surface area (Å²) in [6.45, 7) is 15.9. The summed E-state index contributed by atoms with van der Waals surface area (Å²) in [5, 5.41) is 0. The molecule has 7 nitrogen and oxygen atoms in total. The van der Waals surface area contributed by atoms with Gasteiger partial charge in [-0.05, 0) is 100 Å². The van der Waals surface area contributed by atoms with E-state index in [1.807, 2.05) is 23.9 Å². The van der Waals surface area contributed by atoms with E-state index in [1.54, 1.807) is 0 Å². The average molecular weight is 700 g/mol. The van der Waals surface area contributed by atoms with Crippen LogP contribution < -0.4 is 29.3 Å². The Morgan fingerprint density at radius 1 is 0.816 bits per heavy atom. The van der Waals surface area contributed by atoms with Gasteiger partial charge in [0.2, 0.25) is 5.69 Å². The molecule has 9 heteroatoms. The monoisotopic (exact) mass is 699 g/mol. The third kappa shape index (κ3) is 7.91. The average Bonchev–Trinajstić information content (AvgIpc) is 3.41. The number of nitrogen functional groups attached to an aromatic ring is 1. The maximum absolute atomic E-state index is 8.49. The van der Waals surface area contributed by atoms with Gasteiger partial charge < -0.3 is 10.6 Å². The van der Waals surface area contributed by atoms with Crippen molar-refractivity contribution in [3.05, 3.63) is 130 Å². The Morgan fingerprint density at radius 2 is 1.45 bits per heavy atom. The summed E-state index contributed by atoms with van der Waals surface area (Å²) in [7, 11) is -4.94. The quantitative estimate of drug-likeness (QED) is 0.261. The number of para-hydroxylation sites is 2. The summed E-state index contributed by atoms with van der Waals surface area (Å²) in [6.07, 6.45) is 12.9. The summed E-state index contributed by atoms with van der Waals surface area (Å²) in [5.41, 5.74) is 17.8. The first-order valence-corrected chi connectivity index (χ1v) is 18.8. The minimum atomic E-state index is -4.94. The van der Waals surface area contributed by atoms with Gasteiger partial charge in [-0.15, -0.1) is 10.2 Å². The van der Waals surface area contributed by atoms with Crippen LogP contribution in [-0.2, 0) is 10.8 Å². The smallest absolute Gasteiger partial charge is 0.209 e. The van der Waals surface area contributed by atoms with Gasteiger partial charge in [-0.25, -0.2) is 18.6 Å². The molecule has 0 radical (unpaired) electrons. The Morgan fingerprint density at radius 3 is 2.10 bits per heavy atom. The highest BCUT2D eigenvalue weighted by Crippen LogP contribution is 2.48. The molecule has 6 rings (SSSR count). The largest absolute Gasteiger partial charge is 0.399 e. The molecule has 3 aromatic rings. The Labute approximate surface area is 297 Å².